The summed E-state index contributed by atoms with van der Waals surface area (Å²) >= 11 is 8.24. The molecule has 1 aromatic carbocycles. The molecule has 2 aliphatic rings. The lowest BCUT2D eigenvalue weighted by Crippen LogP contribution is -2.53. The molecule has 3 heterocycles. The number of carbonyl (C=O) groups is 3. The third-order valence-electron chi connectivity index (χ3n) is 9.46. The molecule has 2 aromatic heterocycles. The Hall–Kier alpha value is -3.48. The third kappa shape index (κ3) is 6.97. The first-order valence-electron chi connectivity index (χ1n) is 16.4. The van der Waals surface area contributed by atoms with Gasteiger partial charge in [0.25, 0.3) is 0 Å². The van der Waals surface area contributed by atoms with Gasteiger partial charge in [-0.2, -0.15) is 0 Å². The van der Waals surface area contributed by atoms with Crippen LogP contribution in [0.4, 0.5) is 5.13 Å². The quantitative estimate of drug-likeness (QED) is 0.212. The van der Waals surface area contributed by atoms with Crippen LogP contribution in [0.1, 0.15) is 67.2 Å². The van der Waals surface area contributed by atoms with Gasteiger partial charge in [-0.3, -0.25) is 14.4 Å². The van der Waals surface area contributed by atoms with E-state index in [2.05, 4.69) is 5.32 Å². The third-order valence-corrected chi connectivity index (χ3v) is 10.6. The average Bonchev–Trinajstić information content (AvgIpc) is 3.32. The number of Topliss-reactive ketones (excluding diaryl/α,β-unsaturated/α-hetero) is 1. The van der Waals surface area contributed by atoms with Gasteiger partial charge in [0.05, 0.1) is 49.5 Å². The van der Waals surface area contributed by atoms with Crippen molar-refractivity contribution in [2.24, 2.45) is 22.5 Å². The lowest BCUT2D eigenvalue weighted by Gasteiger charge is -2.32. The van der Waals surface area contributed by atoms with Gasteiger partial charge in [0.15, 0.2) is 10.9 Å². The number of amides is 1. The average molecular weight is 700 g/mol. The number of anilines is 1. The Kier molecular flexibility index (Phi) is 10.3. The number of pyridine rings is 1. The van der Waals surface area contributed by atoms with Gasteiger partial charge >= 0.3 is 5.97 Å². The summed E-state index contributed by atoms with van der Waals surface area (Å²) in [7, 11) is 2.89. The van der Waals surface area contributed by atoms with Gasteiger partial charge in [0.2, 0.25) is 5.91 Å². The maximum atomic E-state index is 14.1. The van der Waals surface area contributed by atoms with Crippen molar-refractivity contribution in [3.05, 3.63) is 28.6 Å². The summed E-state index contributed by atoms with van der Waals surface area (Å²) in [5.41, 5.74) is 6.73. The monoisotopic (exact) mass is 699 g/mol. The number of carbonyl (C=O) groups excluding carboxylic acids is 3. The fourth-order valence-corrected chi connectivity index (χ4v) is 7.68. The number of nitrogens with two attached hydrogens (primary N) is 1. The van der Waals surface area contributed by atoms with Gasteiger partial charge in [-0.1, -0.05) is 45.7 Å². The Morgan fingerprint density at radius 2 is 1.90 bits per heavy atom. The lowest BCUT2D eigenvalue weighted by molar-refractivity contribution is -0.150. The van der Waals surface area contributed by atoms with Crippen LogP contribution in [0.15, 0.2) is 23.6 Å². The normalized spacial score (nSPS) is 22.9. The first-order valence-corrected chi connectivity index (χ1v) is 17.6. The Labute approximate surface area is 290 Å². The van der Waals surface area contributed by atoms with E-state index in [1.807, 2.05) is 59.1 Å². The van der Waals surface area contributed by atoms with Crippen molar-refractivity contribution in [3.8, 4) is 22.9 Å². The molecular weight excluding hydrogens is 654 g/mol. The molecule has 1 saturated heterocycles. The molecule has 0 bridgehead atoms. The fourth-order valence-electron chi connectivity index (χ4n) is 6.55. The number of halogens is 1. The van der Waals surface area contributed by atoms with Gasteiger partial charge in [-0.25, -0.2) is 9.97 Å². The van der Waals surface area contributed by atoms with Crippen LogP contribution in [0.2, 0.25) is 5.02 Å². The van der Waals surface area contributed by atoms with Gasteiger partial charge in [0.1, 0.15) is 28.3 Å². The first kappa shape index (κ1) is 35.8. The minimum atomic E-state index is -0.858. The summed E-state index contributed by atoms with van der Waals surface area (Å²) in [4.78, 5) is 51.9. The number of benzene rings is 1. The molecule has 11 nitrogen and oxygen atoms in total. The van der Waals surface area contributed by atoms with Gasteiger partial charge in [0, 0.05) is 35.7 Å². The van der Waals surface area contributed by atoms with Crippen molar-refractivity contribution in [2.45, 2.75) is 91.5 Å². The number of methoxy groups -OCH3 is 2. The first-order chi connectivity index (χ1) is 22.6. The Balaban J connectivity index is 1.51. The Morgan fingerprint density at radius 3 is 2.50 bits per heavy atom. The van der Waals surface area contributed by atoms with E-state index in [0.717, 1.165) is 11.6 Å². The van der Waals surface area contributed by atoms with Crippen LogP contribution < -0.4 is 20.5 Å². The maximum absolute atomic E-state index is 14.1. The van der Waals surface area contributed by atoms with Crippen molar-refractivity contribution in [1.82, 2.24) is 14.9 Å². The Bertz CT molecular complexity index is 1710. The minimum absolute atomic E-state index is 0.00157. The van der Waals surface area contributed by atoms with E-state index < -0.39 is 29.0 Å². The van der Waals surface area contributed by atoms with Gasteiger partial charge in [-0.05, 0) is 43.7 Å². The van der Waals surface area contributed by atoms with Crippen molar-refractivity contribution in [2.75, 3.05) is 26.1 Å². The number of hydrogen-bond acceptors (Lipinski definition) is 11. The van der Waals surface area contributed by atoms with Crippen molar-refractivity contribution >= 4 is 56.6 Å². The molecule has 0 spiro atoms. The van der Waals surface area contributed by atoms with Crippen LogP contribution in [0.3, 0.4) is 0 Å². The zero-order valence-electron chi connectivity index (χ0n) is 28.9. The van der Waals surface area contributed by atoms with E-state index in [1.54, 1.807) is 11.0 Å². The van der Waals surface area contributed by atoms with E-state index in [-0.39, 0.29) is 49.0 Å². The van der Waals surface area contributed by atoms with Crippen LogP contribution >= 0.6 is 22.9 Å². The van der Waals surface area contributed by atoms with Crippen molar-refractivity contribution in [1.29, 1.82) is 0 Å². The molecule has 260 valence electrons. The molecular formula is C35H46ClN5O6S. The lowest BCUT2D eigenvalue weighted by atomic mass is 9.86. The number of likely N-dealkylation sites (tertiary alicyclic amines) is 1. The van der Waals surface area contributed by atoms with E-state index in [1.165, 1.54) is 25.6 Å². The number of fused-ring (bicyclic) bond motifs is 1. The molecule has 5 rings (SSSR count). The summed E-state index contributed by atoms with van der Waals surface area (Å²) in [5.74, 6) is 0.101. The summed E-state index contributed by atoms with van der Waals surface area (Å²) in [6.45, 7) is 11.9. The van der Waals surface area contributed by atoms with E-state index in [0.29, 0.717) is 45.2 Å². The number of thiazole rings is 1. The van der Waals surface area contributed by atoms with Crippen LogP contribution in [0, 0.1) is 16.7 Å². The second-order valence-corrected chi connectivity index (χ2v) is 15.5. The fraction of sp³-hybridized carbons (Fsp3) is 0.571. The predicted octanol–water partition coefficient (Wildman–Crippen LogP) is 6.11. The maximum Gasteiger partial charge on any atom is 0.312 e. The molecule has 5 atom stereocenters. The molecule has 48 heavy (non-hydrogen) atoms. The molecule has 13 heteroatoms. The standard InChI is InChI=1S/C35H46ClN5O6S/c1-9-19-14-35(19,32(44)46-8)15-25(42)24-12-20(16-41(24)31(43)30(37)34(4,5)6)47-27-13-22(23-17-48-33(40-23)38-18(2)3)39-29-21(27)10-11-26(45-7)28(29)36/h10-11,13,17-20,24,30H,9,12,14-16,37H2,1-8H3,(H,38,40)/t19-,20-,24+,30-,35-/m1/s1. The molecule has 1 amide bonds. The van der Waals surface area contributed by atoms with Crippen molar-refractivity contribution in [3.63, 3.8) is 0 Å². The zero-order valence-corrected chi connectivity index (χ0v) is 30.5. The van der Waals surface area contributed by atoms with E-state index in [4.69, 9.17) is 41.5 Å². The number of aromatic nitrogens is 2. The second kappa shape index (κ2) is 13.8. The summed E-state index contributed by atoms with van der Waals surface area (Å²) < 4.78 is 17.3. The SMILES string of the molecule is CC[C@@H]1C[C@]1(CC(=O)[C@@H]1C[C@@H](Oc2cc(-c3csc(NC(C)C)n3)nc3c(Cl)c(OC)ccc23)CN1C(=O)[C@@H](N)C(C)(C)C)C(=O)OC. The molecule has 3 N–H and O–H groups in total. The molecule has 1 aliphatic carbocycles. The molecule has 0 radical (unpaired) electrons. The highest BCUT2D eigenvalue weighted by molar-refractivity contribution is 7.14. The largest absolute Gasteiger partial charge is 0.495 e. The molecule has 0 unspecified atom stereocenters. The molecule has 3 aromatic rings. The highest BCUT2D eigenvalue weighted by Gasteiger charge is 2.61. The summed E-state index contributed by atoms with van der Waals surface area (Å²) in [6, 6.07) is 3.93. The smallest absolute Gasteiger partial charge is 0.312 e. The number of nitrogens with zero attached hydrogens (tertiary/aromatic N) is 3. The number of ketones is 1. The molecule has 2 fully saturated rings. The van der Waals surface area contributed by atoms with Crippen LogP contribution in [0.5, 0.6) is 11.5 Å². The van der Waals surface area contributed by atoms with E-state index >= 15 is 0 Å². The predicted molar refractivity (Wildman–Crippen MR) is 188 cm³/mol. The number of nitrogens with one attached hydrogen (secondary N) is 1. The Morgan fingerprint density at radius 1 is 1.17 bits per heavy atom. The van der Waals surface area contributed by atoms with Crippen LogP contribution in [-0.2, 0) is 19.1 Å². The number of hydrogen-bond donors (Lipinski definition) is 2. The molecule has 1 saturated carbocycles. The van der Waals surface area contributed by atoms with E-state index in [9.17, 15) is 14.4 Å². The zero-order chi connectivity index (χ0) is 35.1. The summed E-state index contributed by atoms with van der Waals surface area (Å²) in [6.07, 6.45) is 1.02. The van der Waals surface area contributed by atoms with Gasteiger partial charge < -0.3 is 30.2 Å². The highest BCUT2D eigenvalue weighted by Crippen LogP contribution is 2.58. The van der Waals surface area contributed by atoms with Crippen LogP contribution in [-0.4, -0.2) is 77.5 Å². The van der Waals surface area contributed by atoms with Gasteiger partial charge in [-0.15, -0.1) is 11.3 Å². The second-order valence-electron chi connectivity index (χ2n) is 14.2. The minimum Gasteiger partial charge on any atom is -0.495 e. The van der Waals surface area contributed by atoms with Crippen molar-refractivity contribution < 1.29 is 28.6 Å². The number of ether oxygens (including phenoxy) is 3. The number of esters is 1. The number of rotatable bonds is 12. The molecule has 1 aliphatic heterocycles. The highest BCUT2D eigenvalue weighted by atomic mass is 35.5. The van der Waals surface area contributed by atoms with Crippen LogP contribution in [0.25, 0.3) is 22.3 Å². The topological polar surface area (TPSA) is 146 Å². The summed E-state index contributed by atoms with van der Waals surface area (Å²) in [5, 5.41) is 6.96.